The Morgan fingerprint density at radius 1 is 1.35 bits per heavy atom. The van der Waals surface area contributed by atoms with Crippen LogP contribution in [0.1, 0.15) is 50.9 Å². The van der Waals surface area contributed by atoms with Crippen LogP contribution < -0.4 is 16.2 Å². The van der Waals surface area contributed by atoms with Crippen molar-refractivity contribution in [3.05, 3.63) is 33.7 Å². The fraction of sp³-hybridized carbons (Fsp3) is 0.600. The maximum atomic E-state index is 12.0. The van der Waals surface area contributed by atoms with Gasteiger partial charge in [-0.05, 0) is 45.6 Å². The Hall–Kier alpha value is -1.62. The zero-order valence-electron chi connectivity index (χ0n) is 12.3. The molecule has 0 aliphatic heterocycles. The second-order valence-electron chi connectivity index (χ2n) is 5.75. The lowest BCUT2D eigenvalue weighted by atomic mass is 9.91. The molecule has 1 aromatic heterocycles. The fourth-order valence-corrected chi connectivity index (χ4v) is 2.66. The highest BCUT2D eigenvalue weighted by Crippen LogP contribution is 2.27. The SMILES string of the molecule is CC(C)NC(=O)C(C)NC1CCCc2[nH]c(=O)ccc21. The highest BCUT2D eigenvalue weighted by molar-refractivity contribution is 5.81. The van der Waals surface area contributed by atoms with Crippen LogP contribution in [0.25, 0.3) is 0 Å². The van der Waals surface area contributed by atoms with Gasteiger partial charge in [0.05, 0.1) is 6.04 Å². The average molecular weight is 277 g/mol. The third-order valence-corrected chi connectivity index (χ3v) is 3.61. The standard InChI is InChI=1S/C15H23N3O2/c1-9(2)16-15(20)10(3)17-12-5-4-6-13-11(12)7-8-14(19)18-13/h7-10,12,17H,4-6H2,1-3H3,(H,16,20)(H,18,19). The molecule has 5 heteroatoms. The Morgan fingerprint density at radius 2 is 2.10 bits per heavy atom. The molecule has 1 aromatic rings. The topological polar surface area (TPSA) is 74.0 Å². The molecule has 0 radical (unpaired) electrons. The quantitative estimate of drug-likeness (QED) is 0.775. The first-order valence-corrected chi connectivity index (χ1v) is 7.26. The van der Waals surface area contributed by atoms with E-state index in [1.165, 1.54) is 0 Å². The molecular weight excluding hydrogens is 254 g/mol. The van der Waals surface area contributed by atoms with Crippen LogP contribution in [0.15, 0.2) is 16.9 Å². The number of aromatic nitrogens is 1. The highest BCUT2D eigenvalue weighted by atomic mass is 16.2. The molecule has 0 saturated heterocycles. The number of rotatable bonds is 4. The summed E-state index contributed by atoms with van der Waals surface area (Å²) in [5, 5.41) is 6.27. The van der Waals surface area contributed by atoms with E-state index in [4.69, 9.17) is 0 Å². The molecule has 2 rings (SSSR count). The smallest absolute Gasteiger partial charge is 0.248 e. The van der Waals surface area contributed by atoms with Gasteiger partial charge in [0.2, 0.25) is 11.5 Å². The molecule has 0 bridgehead atoms. The Balaban J connectivity index is 2.08. The van der Waals surface area contributed by atoms with E-state index in [1.54, 1.807) is 6.07 Å². The molecule has 0 spiro atoms. The van der Waals surface area contributed by atoms with Crippen LogP contribution in [-0.4, -0.2) is 23.0 Å². The van der Waals surface area contributed by atoms with Crippen molar-refractivity contribution in [1.29, 1.82) is 0 Å². The average Bonchev–Trinajstić information content (AvgIpc) is 2.37. The molecule has 2 unspecified atom stereocenters. The Morgan fingerprint density at radius 3 is 2.80 bits per heavy atom. The molecule has 1 amide bonds. The molecule has 0 aromatic carbocycles. The molecule has 3 N–H and O–H groups in total. The van der Waals surface area contributed by atoms with E-state index >= 15 is 0 Å². The molecule has 1 aliphatic rings. The zero-order chi connectivity index (χ0) is 14.7. The largest absolute Gasteiger partial charge is 0.353 e. The monoisotopic (exact) mass is 277 g/mol. The van der Waals surface area contributed by atoms with E-state index in [9.17, 15) is 9.59 Å². The molecule has 1 heterocycles. The number of nitrogens with one attached hydrogen (secondary N) is 3. The van der Waals surface area contributed by atoms with Crippen LogP contribution in [-0.2, 0) is 11.2 Å². The van der Waals surface area contributed by atoms with Crippen molar-refractivity contribution in [2.24, 2.45) is 0 Å². The lowest BCUT2D eigenvalue weighted by Crippen LogP contribution is -2.46. The minimum atomic E-state index is -0.250. The number of amides is 1. The Labute approximate surface area is 119 Å². The number of H-pyrrole nitrogens is 1. The third kappa shape index (κ3) is 3.48. The van der Waals surface area contributed by atoms with Gasteiger partial charge in [0.1, 0.15) is 0 Å². The molecule has 0 fully saturated rings. The first kappa shape index (κ1) is 14.8. The number of aromatic amines is 1. The van der Waals surface area contributed by atoms with Crippen molar-refractivity contribution in [3.63, 3.8) is 0 Å². The van der Waals surface area contributed by atoms with Gasteiger partial charge in [-0.2, -0.15) is 0 Å². The van der Waals surface area contributed by atoms with Gasteiger partial charge in [-0.1, -0.05) is 6.07 Å². The van der Waals surface area contributed by atoms with Gasteiger partial charge in [0.25, 0.3) is 0 Å². The predicted octanol–water partition coefficient (Wildman–Crippen LogP) is 1.25. The highest BCUT2D eigenvalue weighted by Gasteiger charge is 2.24. The molecule has 20 heavy (non-hydrogen) atoms. The summed E-state index contributed by atoms with van der Waals surface area (Å²) in [6.45, 7) is 5.77. The summed E-state index contributed by atoms with van der Waals surface area (Å²) in [6.07, 6.45) is 2.90. The number of aryl methyl sites for hydroxylation is 1. The molecule has 1 aliphatic carbocycles. The summed E-state index contributed by atoms with van der Waals surface area (Å²) < 4.78 is 0. The maximum Gasteiger partial charge on any atom is 0.248 e. The van der Waals surface area contributed by atoms with Gasteiger partial charge in [0, 0.05) is 23.8 Å². The van der Waals surface area contributed by atoms with E-state index < -0.39 is 0 Å². The molecular formula is C15H23N3O2. The summed E-state index contributed by atoms with van der Waals surface area (Å²) in [5.74, 6) is 0.0107. The van der Waals surface area contributed by atoms with E-state index in [2.05, 4.69) is 15.6 Å². The number of carbonyl (C=O) groups is 1. The van der Waals surface area contributed by atoms with E-state index in [-0.39, 0.29) is 29.6 Å². The van der Waals surface area contributed by atoms with Crippen molar-refractivity contribution in [3.8, 4) is 0 Å². The van der Waals surface area contributed by atoms with Crippen LogP contribution >= 0.6 is 0 Å². The summed E-state index contributed by atoms with van der Waals surface area (Å²) in [4.78, 5) is 26.2. The van der Waals surface area contributed by atoms with Crippen molar-refractivity contribution < 1.29 is 4.79 Å². The number of fused-ring (bicyclic) bond motifs is 1. The van der Waals surface area contributed by atoms with Crippen molar-refractivity contribution >= 4 is 5.91 Å². The predicted molar refractivity (Wildman–Crippen MR) is 78.6 cm³/mol. The van der Waals surface area contributed by atoms with Crippen molar-refractivity contribution in [2.75, 3.05) is 0 Å². The van der Waals surface area contributed by atoms with Crippen LogP contribution in [0.4, 0.5) is 0 Å². The summed E-state index contributed by atoms with van der Waals surface area (Å²) >= 11 is 0. The fourth-order valence-electron chi connectivity index (χ4n) is 2.66. The molecule has 0 saturated carbocycles. The Bertz CT molecular complexity index is 536. The van der Waals surface area contributed by atoms with E-state index in [0.29, 0.717) is 0 Å². The second-order valence-corrected chi connectivity index (χ2v) is 5.75. The van der Waals surface area contributed by atoms with Gasteiger partial charge >= 0.3 is 0 Å². The summed E-state index contributed by atoms with van der Waals surface area (Å²) in [6, 6.07) is 3.45. The number of pyridine rings is 1. The summed E-state index contributed by atoms with van der Waals surface area (Å²) in [7, 11) is 0. The van der Waals surface area contributed by atoms with Crippen molar-refractivity contribution in [1.82, 2.24) is 15.6 Å². The molecule has 5 nitrogen and oxygen atoms in total. The van der Waals surface area contributed by atoms with Gasteiger partial charge in [-0.25, -0.2) is 0 Å². The molecule has 2 atom stereocenters. The summed E-state index contributed by atoms with van der Waals surface area (Å²) in [5.41, 5.74) is 2.05. The van der Waals surface area contributed by atoms with Crippen LogP contribution in [0.3, 0.4) is 0 Å². The minimum Gasteiger partial charge on any atom is -0.353 e. The van der Waals surface area contributed by atoms with E-state index in [1.807, 2.05) is 26.8 Å². The lowest BCUT2D eigenvalue weighted by molar-refractivity contribution is -0.123. The van der Waals surface area contributed by atoms with E-state index in [0.717, 1.165) is 30.5 Å². The number of hydrogen-bond acceptors (Lipinski definition) is 3. The van der Waals surface area contributed by atoms with Gasteiger partial charge < -0.3 is 10.3 Å². The minimum absolute atomic E-state index is 0.0107. The second kappa shape index (κ2) is 6.22. The number of carbonyl (C=O) groups excluding carboxylic acids is 1. The van der Waals surface area contributed by atoms with Gasteiger partial charge in [-0.15, -0.1) is 0 Å². The first-order valence-electron chi connectivity index (χ1n) is 7.26. The normalized spacial score (nSPS) is 19.5. The number of hydrogen-bond donors (Lipinski definition) is 3. The molecule has 110 valence electrons. The maximum absolute atomic E-state index is 12.0. The van der Waals surface area contributed by atoms with Crippen LogP contribution in [0.2, 0.25) is 0 Å². The van der Waals surface area contributed by atoms with Crippen LogP contribution in [0.5, 0.6) is 0 Å². The first-order chi connectivity index (χ1) is 9.47. The zero-order valence-corrected chi connectivity index (χ0v) is 12.3. The third-order valence-electron chi connectivity index (χ3n) is 3.61. The van der Waals surface area contributed by atoms with Gasteiger partial charge in [0.15, 0.2) is 0 Å². The van der Waals surface area contributed by atoms with Crippen molar-refractivity contribution in [2.45, 2.75) is 58.2 Å². The lowest BCUT2D eigenvalue weighted by Gasteiger charge is -2.28. The van der Waals surface area contributed by atoms with Crippen LogP contribution in [0, 0.1) is 0 Å². The van der Waals surface area contributed by atoms with Gasteiger partial charge in [-0.3, -0.25) is 14.9 Å². The Kier molecular flexibility index (Phi) is 4.60.